The average molecular weight is 360 g/mol. The molecule has 0 spiro atoms. The number of methoxy groups -OCH3 is 1. The van der Waals surface area contributed by atoms with E-state index in [1.807, 2.05) is 25.1 Å². The van der Waals surface area contributed by atoms with Crippen molar-refractivity contribution >= 4 is 0 Å². The largest absolute Gasteiger partial charge is 0.493 e. The van der Waals surface area contributed by atoms with E-state index in [1.165, 1.54) is 18.4 Å². The first-order chi connectivity index (χ1) is 12.6. The van der Waals surface area contributed by atoms with Gasteiger partial charge in [-0.05, 0) is 62.1 Å². The van der Waals surface area contributed by atoms with Crippen LogP contribution in [0.15, 0.2) is 41.0 Å². The summed E-state index contributed by atoms with van der Waals surface area (Å²) in [5.41, 5.74) is 1.20. The minimum Gasteiger partial charge on any atom is -0.493 e. The standard InChI is InChI=1S/C22H33NO3/c1-5-25-21-11-9-18(15-22(21)24-4)16-23-13-12-19(10-8-17(2)3)20-7-6-14-26-20/h6-7,9,11,14-15,17,19,23H,5,8,10,12-13,16H2,1-4H3/t19-/m0/s1. The highest BCUT2D eigenvalue weighted by Gasteiger charge is 2.15. The maximum absolute atomic E-state index is 5.65. The summed E-state index contributed by atoms with van der Waals surface area (Å²) in [4.78, 5) is 0. The first-order valence-corrected chi connectivity index (χ1v) is 9.67. The normalized spacial score (nSPS) is 12.3. The molecule has 0 saturated carbocycles. The van der Waals surface area contributed by atoms with Crippen LogP contribution in [0.4, 0.5) is 0 Å². The van der Waals surface area contributed by atoms with E-state index >= 15 is 0 Å². The Balaban J connectivity index is 1.84. The fourth-order valence-corrected chi connectivity index (χ4v) is 3.09. The van der Waals surface area contributed by atoms with Gasteiger partial charge >= 0.3 is 0 Å². The van der Waals surface area contributed by atoms with E-state index in [4.69, 9.17) is 13.9 Å². The van der Waals surface area contributed by atoms with Crippen molar-refractivity contribution in [3.05, 3.63) is 47.9 Å². The zero-order valence-corrected chi connectivity index (χ0v) is 16.6. The Morgan fingerprint density at radius 3 is 2.58 bits per heavy atom. The molecule has 0 amide bonds. The molecule has 4 nitrogen and oxygen atoms in total. The number of benzene rings is 1. The molecule has 0 radical (unpaired) electrons. The lowest BCUT2D eigenvalue weighted by molar-refractivity contribution is 0.310. The molecule has 0 fully saturated rings. The first-order valence-electron chi connectivity index (χ1n) is 9.67. The van der Waals surface area contributed by atoms with Crippen molar-refractivity contribution < 1.29 is 13.9 Å². The molecule has 0 saturated heterocycles. The number of hydrogen-bond donors (Lipinski definition) is 1. The summed E-state index contributed by atoms with van der Waals surface area (Å²) in [6.45, 7) is 8.94. The Kier molecular flexibility index (Phi) is 8.56. The third-order valence-corrected chi connectivity index (χ3v) is 4.56. The van der Waals surface area contributed by atoms with Crippen LogP contribution in [-0.2, 0) is 6.54 Å². The number of nitrogens with one attached hydrogen (secondary N) is 1. The van der Waals surface area contributed by atoms with Gasteiger partial charge in [-0.25, -0.2) is 0 Å². The summed E-state index contributed by atoms with van der Waals surface area (Å²) in [5, 5.41) is 3.55. The van der Waals surface area contributed by atoms with Gasteiger partial charge in [0.2, 0.25) is 0 Å². The smallest absolute Gasteiger partial charge is 0.161 e. The maximum atomic E-state index is 5.65. The molecule has 1 atom stereocenters. The summed E-state index contributed by atoms with van der Waals surface area (Å²) < 4.78 is 16.6. The molecule has 0 bridgehead atoms. The third kappa shape index (κ3) is 6.41. The quantitative estimate of drug-likeness (QED) is 0.516. The fraction of sp³-hybridized carbons (Fsp3) is 0.545. The lowest BCUT2D eigenvalue weighted by Gasteiger charge is -2.16. The van der Waals surface area contributed by atoms with Crippen LogP contribution in [0.2, 0.25) is 0 Å². The number of ether oxygens (including phenoxy) is 2. The Morgan fingerprint density at radius 2 is 1.92 bits per heavy atom. The van der Waals surface area contributed by atoms with Crippen molar-refractivity contribution in [1.82, 2.24) is 5.32 Å². The van der Waals surface area contributed by atoms with E-state index in [9.17, 15) is 0 Å². The Hall–Kier alpha value is -1.94. The van der Waals surface area contributed by atoms with E-state index in [1.54, 1.807) is 13.4 Å². The van der Waals surface area contributed by atoms with Gasteiger partial charge in [-0.15, -0.1) is 0 Å². The molecule has 26 heavy (non-hydrogen) atoms. The zero-order valence-electron chi connectivity index (χ0n) is 16.6. The topological polar surface area (TPSA) is 43.6 Å². The summed E-state index contributed by atoms with van der Waals surface area (Å²) in [5.74, 6) is 3.89. The molecule has 0 aliphatic heterocycles. The number of hydrogen-bond acceptors (Lipinski definition) is 4. The lowest BCUT2D eigenvalue weighted by atomic mass is 9.93. The molecule has 1 aromatic heterocycles. The Labute approximate surface area is 157 Å². The van der Waals surface area contributed by atoms with Crippen LogP contribution in [0.25, 0.3) is 0 Å². The van der Waals surface area contributed by atoms with Gasteiger partial charge in [0.25, 0.3) is 0 Å². The molecule has 0 aliphatic rings. The molecule has 1 N–H and O–H groups in total. The van der Waals surface area contributed by atoms with Gasteiger partial charge in [-0.2, -0.15) is 0 Å². The van der Waals surface area contributed by atoms with E-state index in [-0.39, 0.29) is 0 Å². The molecular weight excluding hydrogens is 326 g/mol. The molecule has 0 aliphatic carbocycles. The van der Waals surface area contributed by atoms with E-state index in [2.05, 4.69) is 31.3 Å². The second-order valence-electron chi connectivity index (χ2n) is 7.07. The fourth-order valence-electron chi connectivity index (χ4n) is 3.09. The molecule has 1 aromatic carbocycles. The van der Waals surface area contributed by atoms with Crippen molar-refractivity contribution in [2.45, 2.75) is 52.5 Å². The molecule has 4 heteroatoms. The molecule has 2 aromatic rings. The maximum Gasteiger partial charge on any atom is 0.161 e. The van der Waals surface area contributed by atoms with Crippen molar-refractivity contribution in [2.75, 3.05) is 20.3 Å². The van der Waals surface area contributed by atoms with E-state index in [0.29, 0.717) is 12.5 Å². The van der Waals surface area contributed by atoms with Crippen molar-refractivity contribution in [3.8, 4) is 11.5 Å². The third-order valence-electron chi connectivity index (χ3n) is 4.56. The Bertz CT molecular complexity index is 622. The van der Waals surface area contributed by atoms with Crippen LogP contribution in [0.5, 0.6) is 11.5 Å². The second kappa shape index (κ2) is 10.9. The molecular formula is C22H33NO3. The highest BCUT2D eigenvalue weighted by molar-refractivity contribution is 5.42. The van der Waals surface area contributed by atoms with Gasteiger partial charge in [-0.1, -0.05) is 26.3 Å². The van der Waals surface area contributed by atoms with Crippen LogP contribution in [0.1, 0.15) is 57.3 Å². The van der Waals surface area contributed by atoms with Crippen LogP contribution in [0.3, 0.4) is 0 Å². The molecule has 2 rings (SSSR count). The highest BCUT2D eigenvalue weighted by Crippen LogP contribution is 2.29. The first kappa shape index (κ1) is 20.4. The van der Waals surface area contributed by atoms with Crippen LogP contribution in [-0.4, -0.2) is 20.3 Å². The van der Waals surface area contributed by atoms with Crippen molar-refractivity contribution in [3.63, 3.8) is 0 Å². The number of rotatable bonds is 12. The summed E-state index contributed by atoms with van der Waals surface area (Å²) >= 11 is 0. The molecule has 1 heterocycles. The van der Waals surface area contributed by atoms with Crippen LogP contribution < -0.4 is 14.8 Å². The summed E-state index contributed by atoms with van der Waals surface area (Å²) in [6.07, 6.45) is 5.25. The molecule has 0 unspecified atom stereocenters. The van der Waals surface area contributed by atoms with E-state index in [0.717, 1.165) is 42.7 Å². The molecule has 144 valence electrons. The predicted molar refractivity (Wildman–Crippen MR) is 106 cm³/mol. The van der Waals surface area contributed by atoms with Gasteiger partial charge in [-0.3, -0.25) is 0 Å². The zero-order chi connectivity index (χ0) is 18.8. The van der Waals surface area contributed by atoms with Gasteiger partial charge in [0.1, 0.15) is 5.76 Å². The van der Waals surface area contributed by atoms with Gasteiger partial charge in [0.15, 0.2) is 11.5 Å². The highest BCUT2D eigenvalue weighted by atomic mass is 16.5. The minimum absolute atomic E-state index is 0.481. The second-order valence-corrected chi connectivity index (χ2v) is 7.07. The van der Waals surface area contributed by atoms with Gasteiger partial charge < -0.3 is 19.2 Å². The lowest BCUT2D eigenvalue weighted by Crippen LogP contribution is -2.17. The van der Waals surface area contributed by atoms with Crippen LogP contribution >= 0.6 is 0 Å². The minimum atomic E-state index is 0.481. The number of furan rings is 1. The van der Waals surface area contributed by atoms with Crippen LogP contribution in [0, 0.1) is 5.92 Å². The monoisotopic (exact) mass is 359 g/mol. The van der Waals surface area contributed by atoms with Crippen molar-refractivity contribution in [1.29, 1.82) is 0 Å². The van der Waals surface area contributed by atoms with Gasteiger partial charge in [0.05, 0.1) is 20.0 Å². The average Bonchev–Trinajstić information content (AvgIpc) is 3.16. The van der Waals surface area contributed by atoms with Crippen molar-refractivity contribution in [2.24, 2.45) is 5.92 Å². The predicted octanol–water partition coefficient (Wildman–Crippen LogP) is 5.39. The SMILES string of the molecule is CCOc1ccc(CNCC[C@H](CCC(C)C)c2ccco2)cc1OC. The van der Waals surface area contributed by atoms with Gasteiger partial charge in [0, 0.05) is 12.5 Å². The summed E-state index contributed by atoms with van der Waals surface area (Å²) in [7, 11) is 1.68. The summed E-state index contributed by atoms with van der Waals surface area (Å²) in [6, 6.07) is 10.2. The van der Waals surface area contributed by atoms with E-state index < -0.39 is 0 Å². The Morgan fingerprint density at radius 1 is 1.08 bits per heavy atom.